The predicted molar refractivity (Wildman–Crippen MR) is 73.3 cm³/mol. The largest absolute Gasteiger partial charge is 0.350 e. The molecule has 21 heavy (non-hydrogen) atoms. The van der Waals surface area contributed by atoms with Gasteiger partial charge in [-0.2, -0.15) is 4.98 Å². The highest BCUT2D eigenvalue weighted by Crippen LogP contribution is 2.15. The summed E-state index contributed by atoms with van der Waals surface area (Å²) in [6, 6.07) is 6.18. The average molecular weight is 290 g/mol. The minimum absolute atomic E-state index is 0.0466. The van der Waals surface area contributed by atoms with E-state index in [1.807, 2.05) is 6.92 Å². The molecule has 0 saturated carbocycles. The van der Waals surface area contributed by atoms with Crippen LogP contribution < -0.4 is 10.2 Å². The number of benzene rings is 1. The molecule has 1 unspecified atom stereocenters. The minimum atomic E-state index is -0.279. The van der Waals surface area contributed by atoms with Gasteiger partial charge >= 0.3 is 0 Å². The van der Waals surface area contributed by atoms with E-state index < -0.39 is 0 Å². The molecule has 1 saturated heterocycles. The lowest BCUT2D eigenvalue weighted by Crippen LogP contribution is -2.53. The molecule has 1 aliphatic rings. The quantitative estimate of drug-likeness (QED) is 0.917. The Morgan fingerprint density at radius 2 is 2.19 bits per heavy atom. The number of halogens is 1. The number of rotatable bonds is 3. The van der Waals surface area contributed by atoms with Gasteiger partial charge in [0.2, 0.25) is 11.8 Å². The fraction of sp³-hybridized carbons (Fsp3) is 0.357. The van der Waals surface area contributed by atoms with Crippen LogP contribution in [0, 0.1) is 5.82 Å². The predicted octanol–water partition coefficient (Wildman–Crippen LogP) is 1.12. The maximum atomic E-state index is 12.8. The van der Waals surface area contributed by atoms with E-state index in [1.165, 1.54) is 12.1 Å². The summed E-state index contributed by atoms with van der Waals surface area (Å²) < 4.78 is 18.0. The van der Waals surface area contributed by atoms with E-state index in [4.69, 9.17) is 4.52 Å². The molecule has 1 amide bonds. The molecule has 1 N–H and O–H groups in total. The Kier molecular flexibility index (Phi) is 3.55. The van der Waals surface area contributed by atoms with E-state index in [0.717, 1.165) is 5.56 Å². The number of hydrogen-bond donors (Lipinski definition) is 1. The topological polar surface area (TPSA) is 71.3 Å². The van der Waals surface area contributed by atoms with Crippen molar-refractivity contribution < 1.29 is 13.7 Å². The Labute approximate surface area is 120 Å². The molecule has 0 radical (unpaired) electrons. The van der Waals surface area contributed by atoms with Crippen LogP contribution in [-0.4, -0.2) is 35.2 Å². The molecule has 0 aliphatic carbocycles. The van der Waals surface area contributed by atoms with E-state index in [2.05, 4.69) is 15.5 Å². The van der Waals surface area contributed by atoms with Crippen LogP contribution in [0.2, 0.25) is 0 Å². The number of carbonyl (C=O) groups is 1. The second-order valence-electron chi connectivity index (χ2n) is 5.14. The molecule has 110 valence electrons. The Bertz CT molecular complexity index is 641. The average Bonchev–Trinajstić information content (AvgIpc) is 2.89. The van der Waals surface area contributed by atoms with Crippen molar-refractivity contribution in [2.75, 3.05) is 18.0 Å². The second-order valence-corrected chi connectivity index (χ2v) is 5.14. The van der Waals surface area contributed by atoms with Crippen LogP contribution in [0.25, 0.3) is 0 Å². The van der Waals surface area contributed by atoms with Crippen molar-refractivity contribution in [3.8, 4) is 0 Å². The van der Waals surface area contributed by atoms with Crippen LogP contribution in [-0.2, 0) is 11.2 Å². The lowest BCUT2D eigenvalue weighted by atomic mass is 10.1. The molecule has 0 bridgehead atoms. The van der Waals surface area contributed by atoms with Gasteiger partial charge in [-0.05, 0) is 29.8 Å². The van der Waals surface area contributed by atoms with E-state index >= 15 is 0 Å². The summed E-state index contributed by atoms with van der Waals surface area (Å²) >= 11 is 0. The molecule has 3 rings (SSSR count). The number of piperazine rings is 1. The molecule has 1 aromatic carbocycles. The normalized spacial score (nSPS) is 18.7. The molecule has 6 nitrogen and oxygen atoms in total. The van der Waals surface area contributed by atoms with Gasteiger partial charge in [0, 0.05) is 12.6 Å². The highest BCUT2D eigenvalue weighted by atomic mass is 19.1. The summed E-state index contributed by atoms with van der Waals surface area (Å²) in [5.41, 5.74) is 0.886. The number of carbonyl (C=O) groups excluding carboxylic acids is 1. The first-order chi connectivity index (χ1) is 10.1. The van der Waals surface area contributed by atoms with Crippen LogP contribution in [0.1, 0.15) is 18.4 Å². The smallest absolute Gasteiger partial charge is 0.266 e. The highest BCUT2D eigenvalue weighted by Gasteiger charge is 2.25. The molecule has 1 aliphatic heterocycles. The lowest BCUT2D eigenvalue weighted by Gasteiger charge is -2.29. The maximum Gasteiger partial charge on any atom is 0.266 e. The lowest BCUT2D eigenvalue weighted by molar-refractivity contribution is -0.121. The van der Waals surface area contributed by atoms with Gasteiger partial charge in [0.15, 0.2) is 0 Å². The van der Waals surface area contributed by atoms with Crippen molar-refractivity contribution in [1.82, 2.24) is 15.5 Å². The fourth-order valence-corrected chi connectivity index (χ4v) is 2.31. The zero-order valence-corrected chi connectivity index (χ0v) is 11.5. The van der Waals surface area contributed by atoms with E-state index in [-0.39, 0.29) is 24.3 Å². The summed E-state index contributed by atoms with van der Waals surface area (Å²) in [6.45, 7) is 2.78. The summed E-state index contributed by atoms with van der Waals surface area (Å²) in [7, 11) is 0. The summed E-state index contributed by atoms with van der Waals surface area (Å²) in [5, 5.41) is 6.74. The van der Waals surface area contributed by atoms with Crippen LogP contribution in [0.15, 0.2) is 28.8 Å². The molecule has 1 atom stereocenters. The molecule has 2 heterocycles. The maximum absolute atomic E-state index is 12.8. The fourth-order valence-electron chi connectivity index (χ4n) is 2.31. The number of amides is 1. The Balaban J connectivity index is 1.71. The van der Waals surface area contributed by atoms with Crippen molar-refractivity contribution >= 4 is 11.9 Å². The number of hydrogen-bond acceptors (Lipinski definition) is 5. The molecular weight excluding hydrogens is 275 g/mol. The van der Waals surface area contributed by atoms with Gasteiger partial charge < -0.3 is 14.7 Å². The zero-order chi connectivity index (χ0) is 14.8. The molecule has 1 fully saturated rings. The van der Waals surface area contributed by atoms with Crippen molar-refractivity contribution in [2.45, 2.75) is 19.4 Å². The first-order valence-corrected chi connectivity index (χ1v) is 6.71. The number of nitrogens with one attached hydrogen (secondary N) is 1. The minimum Gasteiger partial charge on any atom is -0.350 e. The highest BCUT2D eigenvalue weighted by molar-refractivity contribution is 5.82. The van der Waals surface area contributed by atoms with E-state index in [0.29, 0.717) is 24.8 Å². The Morgan fingerprint density at radius 1 is 1.43 bits per heavy atom. The van der Waals surface area contributed by atoms with Crippen LogP contribution in [0.5, 0.6) is 0 Å². The zero-order valence-electron chi connectivity index (χ0n) is 11.5. The van der Waals surface area contributed by atoms with Crippen LogP contribution >= 0.6 is 0 Å². The standard InChI is InChI=1S/C14H15FN4O2/c1-9-7-19(8-12(20)16-9)14-17-13(21-18-14)6-10-2-4-11(15)5-3-10/h2-5,9H,6-8H2,1H3,(H,16,20). The first kappa shape index (κ1) is 13.5. The van der Waals surface area contributed by atoms with Crippen molar-refractivity contribution in [1.29, 1.82) is 0 Å². The van der Waals surface area contributed by atoms with E-state index in [9.17, 15) is 9.18 Å². The SMILES string of the molecule is CC1CN(c2noc(Cc3ccc(F)cc3)n2)CC(=O)N1. The molecular formula is C14H15FN4O2. The third-order valence-corrected chi connectivity index (χ3v) is 3.24. The van der Waals surface area contributed by atoms with Crippen LogP contribution in [0.4, 0.5) is 10.3 Å². The van der Waals surface area contributed by atoms with Gasteiger partial charge in [-0.15, -0.1) is 0 Å². The van der Waals surface area contributed by atoms with Gasteiger partial charge in [-0.25, -0.2) is 4.39 Å². The van der Waals surface area contributed by atoms with Crippen molar-refractivity contribution in [3.05, 3.63) is 41.5 Å². The second kappa shape index (κ2) is 5.51. The van der Waals surface area contributed by atoms with Gasteiger partial charge in [0.25, 0.3) is 5.95 Å². The number of aromatic nitrogens is 2. The van der Waals surface area contributed by atoms with Gasteiger partial charge in [-0.3, -0.25) is 4.79 Å². The van der Waals surface area contributed by atoms with Gasteiger partial charge in [-0.1, -0.05) is 12.1 Å². The van der Waals surface area contributed by atoms with Crippen molar-refractivity contribution in [3.63, 3.8) is 0 Å². The van der Waals surface area contributed by atoms with Crippen molar-refractivity contribution in [2.24, 2.45) is 0 Å². The van der Waals surface area contributed by atoms with E-state index in [1.54, 1.807) is 17.0 Å². The third-order valence-electron chi connectivity index (χ3n) is 3.24. The number of anilines is 1. The van der Waals surface area contributed by atoms with Gasteiger partial charge in [0.05, 0.1) is 13.0 Å². The monoisotopic (exact) mass is 290 g/mol. The summed E-state index contributed by atoms with van der Waals surface area (Å²) in [6.07, 6.45) is 0.433. The Morgan fingerprint density at radius 3 is 2.90 bits per heavy atom. The summed E-state index contributed by atoms with van der Waals surface area (Å²) in [4.78, 5) is 17.6. The summed E-state index contributed by atoms with van der Waals surface area (Å²) in [5.74, 6) is 0.515. The molecule has 2 aromatic rings. The molecule has 1 aromatic heterocycles. The number of nitrogens with zero attached hydrogens (tertiary/aromatic N) is 3. The Hall–Kier alpha value is -2.44. The third kappa shape index (κ3) is 3.18. The van der Waals surface area contributed by atoms with Crippen LogP contribution in [0.3, 0.4) is 0 Å². The molecule has 7 heteroatoms. The first-order valence-electron chi connectivity index (χ1n) is 6.71. The van der Waals surface area contributed by atoms with Gasteiger partial charge in [0.1, 0.15) is 5.82 Å². The molecule has 0 spiro atoms.